The second kappa shape index (κ2) is 3.58. The second-order valence-electron chi connectivity index (χ2n) is 6.58. The molecular weight excluding hydrogens is 212 g/mol. The van der Waals surface area contributed by atoms with Crippen molar-refractivity contribution in [3.8, 4) is 0 Å². The third-order valence-corrected chi connectivity index (χ3v) is 5.58. The highest BCUT2D eigenvalue weighted by Crippen LogP contribution is 2.78. The Morgan fingerprint density at radius 3 is 2.47 bits per heavy atom. The minimum atomic E-state index is 0.106. The quantitative estimate of drug-likeness (QED) is 0.682. The normalized spacial score (nSPS) is 48.8. The smallest absolute Gasteiger partial charge is 0.157 e. The maximum absolute atomic E-state index is 6.18. The van der Waals surface area contributed by atoms with Gasteiger partial charge < -0.3 is 9.47 Å². The molecule has 2 nitrogen and oxygen atoms in total. The van der Waals surface area contributed by atoms with Gasteiger partial charge in [-0.2, -0.15) is 0 Å². The van der Waals surface area contributed by atoms with Crippen molar-refractivity contribution in [2.24, 2.45) is 10.8 Å². The van der Waals surface area contributed by atoms with Crippen LogP contribution < -0.4 is 0 Å². The predicted octanol–water partition coefficient (Wildman–Crippen LogP) is 3.42. The van der Waals surface area contributed by atoms with E-state index in [0.717, 1.165) is 13.0 Å². The fourth-order valence-electron chi connectivity index (χ4n) is 4.62. The number of hydrogen-bond donors (Lipinski definition) is 0. The van der Waals surface area contributed by atoms with Crippen molar-refractivity contribution in [3.05, 3.63) is 12.2 Å². The van der Waals surface area contributed by atoms with Crippen molar-refractivity contribution >= 4 is 0 Å². The molecule has 0 aromatic rings. The highest BCUT2D eigenvalue weighted by molar-refractivity contribution is 5.26. The molecule has 0 unspecified atom stereocenters. The molecule has 4 aliphatic rings. The summed E-state index contributed by atoms with van der Waals surface area (Å²) in [6, 6.07) is 0. The monoisotopic (exact) mass is 234 g/mol. The van der Waals surface area contributed by atoms with Gasteiger partial charge in [0, 0.05) is 6.61 Å². The summed E-state index contributed by atoms with van der Waals surface area (Å²) in [6.45, 7) is 0.898. The Kier molecular flexibility index (Phi) is 2.23. The molecule has 0 bridgehead atoms. The first-order valence-electron chi connectivity index (χ1n) is 7.24. The number of hydrogen-bond acceptors (Lipinski definition) is 2. The molecule has 1 saturated heterocycles. The van der Waals surface area contributed by atoms with Crippen molar-refractivity contribution in [1.29, 1.82) is 0 Å². The fraction of sp³-hybridized carbons (Fsp3) is 0.867. The molecule has 0 aromatic carbocycles. The van der Waals surface area contributed by atoms with Crippen LogP contribution in [0.3, 0.4) is 0 Å². The molecule has 0 N–H and O–H groups in total. The summed E-state index contributed by atoms with van der Waals surface area (Å²) in [6.07, 6.45) is 15.6. The SMILES string of the molecule is C1=CC[C@]23CC(O[C@@H]4CCCCO4)C[C@]2(C1)C3. The summed E-state index contributed by atoms with van der Waals surface area (Å²) < 4.78 is 11.9. The van der Waals surface area contributed by atoms with Crippen LogP contribution in [0.2, 0.25) is 0 Å². The minimum absolute atomic E-state index is 0.106. The van der Waals surface area contributed by atoms with Crippen LogP contribution in [0.25, 0.3) is 0 Å². The van der Waals surface area contributed by atoms with Gasteiger partial charge in [0.15, 0.2) is 6.29 Å². The van der Waals surface area contributed by atoms with Crippen LogP contribution in [0, 0.1) is 10.8 Å². The molecule has 4 rings (SSSR count). The van der Waals surface area contributed by atoms with E-state index in [2.05, 4.69) is 12.2 Å². The zero-order valence-corrected chi connectivity index (χ0v) is 10.5. The first kappa shape index (κ1) is 10.6. The zero-order chi connectivity index (χ0) is 11.3. The Bertz CT molecular complexity index is 323. The maximum atomic E-state index is 6.18. The Morgan fingerprint density at radius 2 is 1.82 bits per heavy atom. The molecule has 1 aliphatic heterocycles. The molecule has 0 radical (unpaired) electrons. The van der Waals surface area contributed by atoms with Crippen LogP contribution in [-0.4, -0.2) is 19.0 Å². The van der Waals surface area contributed by atoms with Crippen LogP contribution in [0.1, 0.15) is 51.4 Å². The van der Waals surface area contributed by atoms with Gasteiger partial charge in [-0.05, 0) is 62.2 Å². The van der Waals surface area contributed by atoms with Crippen LogP contribution in [-0.2, 0) is 9.47 Å². The summed E-state index contributed by atoms with van der Waals surface area (Å²) in [5.74, 6) is 0. The molecule has 3 fully saturated rings. The molecule has 2 heteroatoms. The first-order valence-corrected chi connectivity index (χ1v) is 7.24. The molecule has 0 amide bonds. The van der Waals surface area contributed by atoms with Crippen molar-refractivity contribution < 1.29 is 9.47 Å². The summed E-state index contributed by atoms with van der Waals surface area (Å²) in [5, 5.41) is 0. The third-order valence-electron chi connectivity index (χ3n) is 5.58. The van der Waals surface area contributed by atoms with E-state index in [0.29, 0.717) is 16.9 Å². The second-order valence-corrected chi connectivity index (χ2v) is 6.58. The van der Waals surface area contributed by atoms with Crippen LogP contribution in [0.4, 0.5) is 0 Å². The molecule has 1 heterocycles. The Morgan fingerprint density at radius 1 is 1.06 bits per heavy atom. The standard InChI is InChI=1S/C15H22O2/c1-4-8-16-13(5-1)17-12-9-14-6-2-3-7-15(14,10-12)11-14/h2-3,12-13H,1,4-11H2/t13-,14-,15-/m1/s1. The van der Waals surface area contributed by atoms with Gasteiger partial charge in [-0.15, -0.1) is 0 Å². The van der Waals surface area contributed by atoms with Gasteiger partial charge in [0.2, 0.25) is 0 Å². The van der Waals surface area contributed by atoms with E-state index in [1.807, 2.05) is 0 Å². The number of allylic oxidation sites excluding steroid dienone is 2. The van der Waals surface area contributed by atoms with E-state index < -0.39 is 0 Å². The topological polar surface area (TPSA) is 18.5 Å². The molecule has 17 heavy (non-hydrogen) atoms. The van der Waals surface area contributed by atoms with Gasteiger partial charge in [0.1, 0.15) is 0 Å². The van der Waals surface area contributed by atoms with E-state index in [1.165, 1.54) is 44.9 Å². The predicted molar refractivity (Wildman–Crippen MR) is 65.6 cm³/mol. The van der Waals surface area contributed by atoms with Crippen LogP contribution in [0.5, 0.6) is 0 Å². The summed E-state index contributed by atoms with van der Waals surface area (Å²) in [4.78, 5) is 0. The average Bonchev–Trinajstić information content (AvgIpc) is 2.87. The Balaban J connectivity index is 1.39. The van der Waals surface area contributed by atoms with Gasteiger partial charge >= 0.3 is 0 Å². The molecule has 94 valence electrons. The van der Waals surface area contributed by atoms with Crippen LogP contribution in [0.15, 0.2) is 12.2 Å². The highest BCUT2D eigenvalue weighted by Gasteiger charge is 2.71. The Labute approximate surface area is 103 Å². The summed E-state index contributed by atoms with van der Waals surface area (Å²) in [7, 11) is 0. The maximum Gasteiger partial charge on any atom is 0.157 e. The van der Waals surface area contributed by atoms with Crippen molar-refractivity contribution in [3.63, 3.8) is 0 Å². The number of rotatable bonds is 2. The van der Waals surface area contributed by atoms with Crippen LogP contribution >= 0.6 is 0 Å². The highest BCUT2D eigenvalue weighted by atomic mass is 16.7. The zero-order valence-electron chi connectivity index (χ0n) is 10.5. The summed E-state index contributed by atoms with van der Waals surface area (Å²) >= 11 is 0. The molecule has 0 aromatic heterocycles. The molecule has 2 saturated carbocycles. The lowest BCUT2D eigenvalue weighted by atomic mass is 9.86. The fourth-order valence-corrected chi connectivity index (χ4v) is 4.62. The molecule has 3 atom stereocenters. The van der Waals surface area contributed by atoms with E-state index in [-0.39, 0.29) is 6.29 Å². The van der Waals surface area contributed by atoms with Gasteiger partial charge in [-0.1, -0.05) is 12.2 Å². The lowest BCUT2D eigenvalue weighted by Crippen LogP contribution is -2.27. The average molecular weight is 234 g/mol. The van der Waals surface area contributed by atoms with Gasteiger partial charge in [-0.25, -0.2) is 0 Å². The number of ether oxygens (including phenoxy) is 2. The van der Waals surface area contributed by atoms with Crippen molar-refractivity contribution in [2.45, 2.75) is 63.8 Å². The van der Waals surface area contributed by atoms with Gasteiger partial charge in [0.25, 0.3) is 0 Å². The lowest BCUT2D eigenvalue weighted by molar-refractivity contribution is -0.189. The molecule has 3 aliphatic carbocycles. The first-order chi connectivity index (χ1) is 8.32. The van der Waals surface area contributed by atoms with E-state index in [9.17, 15) is 0 Å². The third kappa shape index (κ3) is 1.53. The van der Waals surface area contributed by atoms with E-state index in [1.54, 1.807) is 0 Å². The molecule has 0 spiro atoms. The molecular formula is C15H22O2. The van der Waals surface area contributed by atoms with Crippen molar-refractivity contribution in [2.75, 3.05) is 6.61 Å². The lowest BCUT2D eigenvalue weighted by Gasteiger charge is -2.27. The van der Waals surface area contributed by atoms with E-state index >= 15 is 0 Å². The minimum Gasteiger partial charge on any atom is -0.353 e. The summed E-state index contributed by atoms with van der Waals surface area (Å²) in [5.41, 5.74) is 1.28. The van der Waals surface area contributed by atoms with Crippen molar-refractivity contribution in [1.82, 2.24) is 0 Å². The van der Waals surface area contributed by atoms with Gasteiger partial charge in [0.05, 0.1) is 6.10 Å². The van der Waals surface area contributed by atoms with E-state index in [4.69, 9.17) is 9.47 Å². The Hall–Kier alpha value is -0.340. The van der Waals surface area contributed by atoms with Gasteiger partial charge in [-0.3, -0.25) is 0 Å². The largest absolute Gasteiger partial charge is 0.353 e.